The molecule has 0 unspecified atom stereocenters. The van der Waals surface area contributed by atoms with Crippen LogP contribution in [-0.2, 0) is 0 Å². The highest BCUT2D eigenvalue weighted by Gasteiger charge is 2.24. The highest BCUT2D eigenvalue weighted by Crippen LogP contribution is 2.40. The minimum absolute atomic E-state index is 0.0903. The fraction of sp³-hybridized carbons (Fsp3) is 0.250. The summed E-state index contributed by atoms with van der Waals surface area (Å²) in [4.78, 5) is 4.19. The number of nitrogen functional groups attached to an aromatic ring is 1. The molecule has 1 aliphatic heterocycles. The molecule has 0 fully saturated rings. The van der Waals surface area contributed by atoms with E-state index in [1.54, 1.807) is 19.4 Å². The van der Waals surface area contributed by atoms with Crippen LogP contribution in [0.3, 0.4) is 0 Å². The summed E-state index contributed by atoms with van der Waals surface area (Å²) >= 11 is 5.94. The maximum absolute atomic E-state index is 14.2. The Balaban J connectivity index is 1.75. The number of anilines is 1. The molecule has 2 aromatic heterocycles. The summed E-state index contributed by atoms with van der Waals surface area (Å²) in [6.07, 6.45) is 5.30. The Labute approximate surface area is 165 Å². The SMILES string of the molecule is C[C@@H](Oc1c(N)ncc2c(C3=CCNCC3)coc12)c1c(F)ccc(F)c1Cl. The number of nitrogens with zero attached hydrogens (tertiary/aromatic N) is 1. The Morgan fingerprint density at radius 3 is 2.86 bits per heavy atom. The molecular formula is C20H18ClF2N3O2. The van der Waals surface area contributed by atoms with Gasteiger partial charge in [0.25, 0.3) is 0 Å². The van der Waals surface area contributed by atoms with Crippen molar-refractivity contribution < 1.29 is 17.9 Å². The van der Waals surface area contributed by atoms with Crippen LogP contribution in [-0.4, -0.2) is 18.1 Å². The number of hydrogen-bond donors (Lipinski definition) is 2. The average molecular weight is 406 g/mol. The standard InChI is InChI=1S/C20H18ClF2N3O2/c1-10(16-14(22)2-3-15(23)17(16)21)28-19-18-12(8-26-20(19)24)13(9-27-18)11-4-6-25-7-5-11/h2-4,8-10,25H,5-7H2,1H3,(H2,24,26)/t10-/m1/s1. The van der Waals surface area contributed by atoms with E-state index in [9.17, 15) is 8.78 Å². The van der Waals surface area contributed by atoms with Crippen LogP contribution < -0.4 is 15.8 Å². The second kappa shape index (κ2) is 7.41. The van der Waals surface area contributed by atoms with Crippen LogP contribution in [0, 0.1) is 11.6 Å². The number of fused-ring (bicyclic) bond motifs is 1. The summed E-state index contributed by atoms with van der Waals surface area (Å²) in [5.74, 6) is -1.13. The van der Waals surface area contributed by atoms with Gasteiger partial charge in [-0.15, -0.1) is 0 Å². The normalized spacial score (nSPS) is 15.5. The van der Waals surface area contributed by atoms with E-state index < -0.39 is 17.7 Å². The van der Waals surface area contributed by atoms with Crippen molar-refractivity contribution in [3.8, 4) is 5.75 Å². The van der Waals surface area contributed by atoms with Crippen molar-refractivity contribution in [2.45, 2.75) is 19.4 Å². The lowest BCUT2D eigenvalue weighted by Gasteiger charge is -2.18. The second-order valence-corrected chi connectivity index (χ2v) is 6.94. The molecule has 8 heteroatoms. The first kappa shape index (κ1) is 18.7. The Morgan fingerprint density at radius 2 is 2.11 bits per heavy atom. The van der Waals surface area contributed by atoms with Gasteiger partial charge >= 0.3 is 0 Å². The molecule has 0 bridgehead atoms. The van der Waals surface area contributed by atoms with Crippen molar-refractivity contribution >= 4 is 34.0 Å². The third-order valence-electron chi connectivity index (χ3n) is 4.79. The lowest BCUT2D eigenvalue weighted by molar-refractivity contribution is 0.221. The number of hydrogen-bond acceptors (Lipinski definition) is 5. The lowest BCUT2D eigenvalue weighted by Crippen LogP contribution is -2.19. The summed E-state index contributed by atoms with van der Waals surface area (Å²) < 4.78 is 39.6. The van der Waals surface area contributed by atoms with Crippen molar-refractivity contribution in [2.24, 2.45) is 0 Å². The Morgan fingerprint density at radius 1 is 1.32 bits per heavy atom. The Kier molecular flexibility index (Phi) is 4.95. The molecule has 3 aromatic rings. The molecule has 28 heavy (non-hydrogen) atoms. The summed E-state index contributed by atoms with van der Waals surface area (Å²) in [6, 6.07) is 1.98. The molecule has 3 heterocycles. The molecule has 146 valence electrons. The van der Waals surface area contributed by atoms with E-state index >= 15 is 0 Å². The lowest BCUT2D eigenvalue weighted by atomic mass is 10.0. The van der Waals surface area contributed by atoms with Crippen molar-refractivity contribution in [2.75, 3.05) is 18.8 Å². The first-order valence-electron chi connectivity index (χ1n) is 8.83. The van der Waals surface area contributed by atoms with Crippen LogP contribution in [0.4, 0.5) is 14.6 Å². The van der Waals surface area contributed by atoms with Crippen LogP contribution in [0.5, 0.6) is 5.75 Å². The van der Waals surface area contributed by atoms with Gasteiger partial charge in [-0.3, -0.25) is 0 Å². The fourth-order valence-corrected chi connectivity index (χ4v) is 3.67. The van der Waals surface area contributed by atoms with Gasteiger partial charge in [-0.1, -0.05) is 17.7 Å². The number of pyridine rings is 1. The summed E-state index contributed by atoms with van der Waals surface area (Å²) in [7, 11) is 0. The number of benzene rings is 1. The molecule has 0 amide bonds. The number of ether oxygens (including phenoxy) is 1. The van der Waals surface area contributed by atoms with E-state index in [-0.39, 0.29) is 22.2 Å². The van der Waals surface area contributed by atoms with E-state index in [4.69, 9.17) is 26.5 Å². The highest BCUT2D eigenvalue weighted by atomic mass is 35.5. The van der Waals surface area contributed by atoms with Crippen molar-refractivity contribution in [1.82, 2.24) is 10.3 Å². The average Bonchev–Trinajstić information content (AvgIpc) is 3.12. The van der Waals surface area contributed by atoms with E-state index in [2.05, 4.69) is 16.4 Å². The number of furan rings is 1. The van der Waals surface area contributed by atoms with Gasteiger partial charge in [-0.25, -0.2) is 13.8 Å². The zero-order valence-electron chi connectivity index (χ0n) is 15.1. The monoisotopic (exact) mass is 405 g/mol. The minimum atomic E-state index is -0.912. The van der Waals surface area contributed by atoms with Crippen LogP contribution >= 0.6 is 11.6 Å². The maximum Gasteiger partial charge on any atom is 0.205 e. The maximum atomic E-state index is 14.2. The molecule has 1 atom stereocenters. The van der Waals surface area contributed by atoms with Gasteiger partial charge in [0.15, 0.2) is 11.4 Å². The number of nitrogens with one attached hydrogen (secondary N) is 1. The van der Waals surface area contributed by atoms with Crippen LogP contribution in [0.2, 0.25) is 5.02 Å². The van der Waals surface area contributed by atoms with Crippen LogP contribution in [0.15, 0.2) is 35.1 Å². The smallest absolute Gasteiger partial charge is 0.205 e. The number of aromatic nitrogens is 1. The third kappa shape index (κ3) is 3.21. The van der Waals surface area contributed by atoms with Crippen molar-refractivity contribution in [3.05, 3.63) is 58.5 Å². The zero-order chi connectivity index (χ0) is 19.8. The molecule has 5 nitrogen and oxygen atoms in total. The topological polar surface area (TPSA) is 73.3 Å². The molecule has 0 saturated carbocycles. The predicted molar refractivity (Wildman–Crippen MR) is 104 cm³/mol. The van der Waals surface area contributed by atoms with Gasteiger partial charge < -0.3 is 20.2 Å². The molecule has 1 aliphatic rings. The minimum Gasteiger partial charge on any atom is -0.478 e. The number of halogens is 3. The largest absolute Gasteiger partial charge is 0.478 e. The van der Waals surface area contributed by atoms with Gasteiger partial charge in [0.05, 0.1) is 16.7 Å². The summed E-state index contributed by atoms with van der Waals surface area (Å²) in [5, 5.41) is 3.68. The molecule has 0 spiro atoms. The molecule has 1 aromatic carbocycles. The molecule has 0 aliphatic carbocycles. The molecule has 3 N–H and O–H groups in total. The first-order valence-corrected chi connectivity index (χ1v) is 9.21. The zero-order valence-corrected chi connectivity index (χ0v) is 15.8. The van der Waals surface area contributed by atoms with Gasteiger partial charge in [-0.2, -0.15) is 0 Å². The van der Waals surface area contributed by atoms with E-state index in [1.165, 1.54) is 0 Å². The third-order valence-corrected chi connectivity index (χ3v) is 5.18. The Bertz CT molecular complexity index is 1080. The van der Waals surface area contributed by atoms with Crippen LogP contribution in [0.1, 0.15) is 30.6 Å². The van der Waals surface area contributed by atoms with Gasteiger partial charge in [0.2, 0.25) is 5.75 Å². The molecule has 0 radical (unpaired) electrons. The van der Waals surface area contributed by atoms with E-state index in [0.717, 1.165) is 48.2 Å². The first-order chi connectivity index (χ1) is 13.5. The summed E-state index contributed by atoms with van der Waals surface area (Å²) in [5.41, 5.74) is 8.35. The fourth-order valence-electron chi connectivity index (χ4n) is 3.36. The van der Waals surface area contributed by atoms with E-state index in [0.29, 0.717) is 5.58 Å². The quantitative estimate of drug-likeness (QED) is 0.606. The summed E-state index contributed by atoms with van der Waals surface area (Å²) in [6.45, 7) is 3.21. The number of nitrogens with two attached hydrogens (primary N) is 1. The highest BCUT2D eigenvalue weighted by molar-refractivity contribution is 6.31. The molecular weight excluding hydrogens is 388 g/mol. The molecule has 4 rings (SSSR count). The van der Waals surface area contributed by atoms with Crippen LogP contribution in [0.25, 0.3) is 16.5 Å². The predicted octanol–water partition coefficient (Wildman–Crippen LogP) is 4.86. The van der Waals surface area contributed by atoms with Gasteiger partial charge in [0.1, 0.15) is 17.7 Å². The van der Waals surface area contributed by atoms with Crippen molar-refractivity contribution in [1.29, 1.82) is 0 Å². The van der Waals surface area contributed by atoms with Gasteiger partial charge in [0, 0.05) is 23.9 Å². The van der Waals surface area contributed by atoms with E-state index in [1.807, 2.05) is 0 Å². The number of rotatable bonds is 4. The van der Waals surface area contributed by atoms with Gasteiger partial charge in [-0.05, 0) is 37.6 Å². The van der Waals surface area contributed by atoms with Crippen molar-refractivity contribution in [3.63, 3.8) is 0 Å². The Hall–Kier alpha value is -2.64. The molecule has 0 saturated heterocycles. The second-order valence-electron chi connectivity index (χ2n) is 6.57.